The molecule has 32 heavy (non-hydrogen) atoms. The summed E-state index contributed by atoms with van der Waals surface area (Å²) >= 11 is 1.24. The number of nitro groups is 1. The van der Waals surface area contributed by atoms with E-state index < -0.39 is 20.9 Å². The highest BCUT2D eigenvalue weighted by molar-refractivity contribution is 7.89. The van der Waals surface area contributed by atoms with E-state index in [9.17, 15) is 23.3 Å². The highest BCUT2D eigenvalue weighted by atomic mass is 32.2. The van der Waals surface area contributed by atoms with E-state index in [0.717, 1.165) is 4.70 Å². The summed E-state index contributed by atoms with van der Waals surface area (Å²) in [6, 6.07) is 10.2. The van der Waals surface area contributed by atoms with E-state index in [0.29, 0.717) is 36.2 Å². The van der Waals surface area contributed by atoms with Crippen LogP contribution in [0.4, 0.5) is 5.69 Å². The van der Waals surface area contributed by atoms with E-state index >= 15 is 0 Å². The molecule has 0 saturated heterocycles. The molecule has 11 heteroatoms. The van der Waals surface area contributed by atoms with Crippen molar-refractivity contribution < 1.29 is 18.1 Å². The normalized spacial score (nSPS) is 12.6. The molecular formula is C21H24N4O5S2. The van der Waals surface area contributed by atoms with Crippen molar-refractivity contribution >= 4 is 43.2 Å². The molecule has 0 saturated carbocycles. The van der Waals surface area contributed by atoms with Crippen molar-refractivity contribution in [1.82, 2.24) is 8.87 Å². The lowest BCUT2D eigenvalue weighted by molar-refractivity contribution is -0.384. The Morgan fingerprint density at radius 1 is 1.12 bits per heavy atom. The summed E-state index contributed by atoms with van der Waals surface area (Å²) in [7, 11) is -1.95. The molecule has 0 unspecified atom stereocenters. The van der Waals surface area contributed by atoms with Gasteiger partial charge in [-0.3, -0.25) is 14.9 Å². The van der Waals surface area contributed by atoms with Crippen LogP contribution < -0.4 is 4.80 Å². The quantitative estimate of drug-likeness (QED) is 0.363. The molecule has 1 heterocycles. The summed E-state index contributed by atoms with van der Waals surface area (Å²) in [6.45, 7) is 4.72. The number of rotatable bonds is 8. The average molecular weight is 477 g/mol. The Labute approximate surface area is 189 Å². The maximum absolute atomic E-state index is 12.9. The van der Waals surface area contributed by atoms with Gasteiger partial charge >= 0.3 is 0 Å². The number of carbonyl (C=O) groups excluding carboxylic acids is 1. The predicted molar refractivity (Wildman–Crippen MR) is 123 cm³/mol. The summed E-state index contributed by atoms with van der Waals surface area (Å²) in [5, 5.41) is 11.0. The van der Waals surface area contributed by atoms with E-state index in [1.807, 2.05) is 13.8 Å². The van der Waals surface area contributed by atoms with Gasteiger partial charge in [-0.05, 0) is 43.2 Å². The smallest absolute Gasteiger partial charge is 0.279 e. The molecule has 1 aromatic heterocycles. The minimum absolute atomic E-state index is 0.0410. The molecule has 3 aromatic rings. The number of amides is 1. The zero-order valence-corrected chi connectivity index (χ0v) is 19.6. The zero-order valence-electron chi connectivity index (χ0n) is 18.0. The van der Waals surface area contributed by atoms with Crippen LogP contribution in [0.5, 0.6) is 0 Å². The molecule has 0 radical (unpaired) electrons. The van der Waals surface area contributed by atoms with Crippen LogP contribution in [0.2, 0.25) is 0 Å². The molecule has 0 N–H and O–H groups in total. The molecule has 0 aliphatic rings. The van der Waals surface area contributed by atoms with Crippen LogP contribution in [-0.2, 0) is 17.1 Å². The second kappa shape index (κ2) is 9.72. The summed E-state index contributed by atoms with van der Waals surface area (Å²) in [4.78, 5) is 27.9. The second-order valence-electron chi connectivity index (χ2n) is 7.20. The van der Waals surface area contributed by atoms with Gasteiger partial charge in [-0.15, -0.1) is 0 Å². The number of thiazole rings is 1. The van der Waals surface area contributed by atoms with E-state index in [1.165, 1.54) is 52.0 Å². The number of aryl methyl sites for hydroxylation is 1. The van der Waals surface area contributed by atoms with Gasteiger partial charge in [0.2, 0.25) is 10.0 Å². The number of fused-ring (bicyclic) bond motifs is 1. The van der Waals surface area contributed by atoms with Crippen LogP contribution in [0.3, 0.4) is 0 Å². The van der Waals surface area contributed by atoms with Crippen molar-refractivity contribution in [3.05, 3.63) is 62.9 Å². The van der Waals surface area contributed by atoms with Crippen molar-refractivity contribution in [3.8, 4) is 0 Å². The van der Waals surface area contributed by atoms with E-state index in [2.05, 4.69) is 4.99 Å². The number of carbonyl (C=O) groups is 1. The molecule has 3 rings (SSSR count). The van der Waals surface area contributed by atoms with Crippen molar-refractivity contribution in [2.24, 2.45) is 12.0 Å². The molecule has 0 atom stereocenters. The largest absolute Gasteiger partial charge is 0.319 e. The minimum Gasteiger partial charge on any atom is -0.319 e. The van der Waals surface area contributed by atoms with E-state index in [4.69, 9.17) is 0 Å². The molecule has 0 bridgehead atoms. The average Bonchev–Trinajstić information content (AvgIpc) is 3.08. The van der Waals surface area contributed by atoms with Gasteiger partial charge < -0.3 is 4.57 Å². The van der Waals surface area contributed by atoms with Gasteiger partial charge in [-0.25, -0.2) is 8.42 Å². The number of hydrogen-bond acceptors (Lipinski definition) is 6. The summed E-state index contributed by atoms with van der Waals surface area (Å²) in [5.41, 5.74) is 0.815. The molecule has 0 spiro atoms. The number of hydrogen-bond donors (Lipinski definition) is 0. The monoisotopic (exact) mass is 476 g/mol. The molecule has 2 aromatic carbocycles. The molecule has 1 amide bonds. The maximum Gasteiger partial charge on any atom is 0.279 e. The molecule has 0 aliphatic carbocycles. The summed E-state index contributed by atoms with van der Waals surface area (Å²) in [5.74, 6) is -0.524. The first-order chi connectivity index (χ1) is 15.2. The predicted octanol–water partition coefficient (Wildman–Crippen LogP) is 3.70. The van der Waals surface area contributed by atoms with Gasteiger partial charge in [-0.1, -0.05) is 25.2 Å². The minimum atomic E-state index is -3.63. The summed E-state index contributed by atoms with van der Waals surface area (Å²) in [6.07, 6.45) is 1.42. The lowest BCUT2D eigenvalue weighted by Gasteiger charge is -2.21. The van der Waals surface area contributed by atoms with E-state index in [-0.39, 0.29) is 16.1 Å². The van der Waals surface area contributed by atoms with E-state index in [1.54, 1.807) is 17.7 Å². The molecule has 170 valence electrons. The first kappa shape index (κ1) is 23.8. The fraction of sp³-hybridized carbons (Fsp3) is 0.333. The van der Waals surface area contributed by atoms with Crippen LogP contribution in [0, 0.1) is 10.1 Å². The Morgan fingerprint density at radius 3 is 2.31 bits per heavy atom. The molecule has 9 nitrogen and oxygen atoms in total. The third-order valence-corrected chi connectivity index (χ3v) is 7.91. The standard InChI is InChI=1S/C21H24N4O5S2/c1-4-12-24(13-5-2)32(29,30)17-9-6-15(7-10-17)20(26)22-21-23(3)18-14-16(25(27)28)8-11-19(18)31-21/h6-11,14H,4-5,12-13H2,1-3H3. The van der Waals surface area contributed by atoms with Gasteiger partial charge in [0.1, 0.15) is 0 Å². The van der Waals surface area contributed by atoms with Crippen molar-refractivity contribution in [3.63, 3.8) is 0 Å². The molecule has 0 fully saturated rings. The number of aromatic nitrogens is 1. The third kappa shape index (κ3) is 4.79. The highest BCUT2D eigenvalue weighted by Gasteiger charge is 2.23. The SMILES string of the molecule is CCCN(CCC)S(=O)(=O)c1ccc(C(=O)N=c2sc3ccc([N+](=O)[O-])cc3n2C)cc1. The van der Waals surface area contributed by atoms with Crippen LogP contribution in [0.25, 0.3) is 10.2 Å². The topological polar surface area (TPSA) is 115 Å². The van der Waals surface area contributed by atoms with Crippen molar-refractivity contribution in [2.75, 3.05) is 13.1 Å². The van der Waals surface area contributed by atoms with Gasteiger partial charge in [0, 0.05) is 37.8 Å². The van der Waals surface area contributed by atoms with Gasteiger partial charge in [0.15, 0.2) is 4.80 Å². The van der Waals surface area contributed by atoms with Crippen molar-refractivity contribution in [2.45, 2.75) is 31.6 Å². The fourth-order valence-electron chi connectivity index (χ4n) is 3.26. The highest BCUT2D eigenvalue weighted by Crippen LogP contribution is 2.22. The maximum atomic E-state index is 12.9. The fourth-order valence-corrected chi connectivity index (χ4v) is 5.88. The second-order valence-corrected chi connectivity index (χ2v) is 10.1. The molecular weight excluding hydrogens is 452 g/mol. The van der Waals surface area contributed by atoms with Crippen LogP contribution in [-0.4, -0.2) is 41.2 Å². The number of non-ortho nitro benzene ring substituents is 1. The Morgan fingerprint density at radius 2 is 1.75 bits per heavy atom. The lowest BCUT2D eigenvalue weighted by Crippen LogP contribution is -2.32. The van der Waals surface area contributed by atoms with Gasteiger partial charge in [-0.2, -0.15) is 9.30 Å². The number of sulfonamides is 1. The molecule has 0 aliphatic heterocycles. The Bertz CT molecular complexity index is 1320. The third-order valence-electron chi connectivity index (χ3n) is 4.89. The Kier molecular flexibility index (Phi) is 7.22. The summed E-state index contributed by atoms with van der Waals surface area (Å²) < 4.78 is 29.6. The first-order valence-electron chi connectivity index (χ1n) is 10.1. The van der Waals surface area contributed by atoms with Crippen LogP contribution in [0.15, 0.2) is 52.4 Å². The van der Waals surface area contributed by atoms with Crippen LogP contribution >= 0.6 is 11.3 Å². The number of benzene rings is 2. The first-order valence-corrected chi connectivity index (χ1v) is 12.4. The van der Waals surface area contributed by atoms with Gasteiger partial charge in [0.05, 0.1) is 20.0 Å². The van der Waals surface area contributed by atoms with Crippen molar-refractivity contribution in [1.29, 1.82) is 0 Å². The van der Waals surface area contributed by atoms with Crippen LogP contribution in [0.1, 0.15) is 37.0 Å². The number of nitrogens with zero attached hydrogens (tertiary/aromatic N) is 4. The van der Waals surface area contributed by atoms with Gasteiger partial charge in [0.25, 0.3) is 11.6 Å². The Balaban J connectivity index is 1.91. The zero-order chi connectivity index (χ0) is 23.5. The number of nitro benzene ring substituents is 1. The lowest BCUT2D eigenvalue weighted by atomic mass is 10.2. The Hall–Kier alpha value is -2.89.